The van der Waals surface area contributed by atoms with E-state index < -0.39 is 5.91 Å². The molecule has 1 heterocycles. The van der Waals surface area contributed by atoms with E-state index in [2.05, 4.69) is 15.6 Å². The molecule has 1 rings (SSSR count). The van der Waals surface area contributed by atoms with E-state index in [1.807, 2.05) is 0 Å². The van der Waals surface area contributed by atoms with E-state index in [-0.39, 0.29) is 23.7 Å². The van der Waals surface area contributed by atoms with E-state index in [1.165, 1.54) is 19.3 Å². The van der Waals surface area contributed by atoms with Crippen LogP contribution in [-0.2, 0) is 4.79 Å². The lowest BCUT2D eigenvalue weighted by atomic mass is 10.2. The van der Waals surface area contributed by atoms with Gasteiger partial charge in [0, 0.05) is 7.05 Å². The zero-order chi connectivity index (χ0) is 12.1. The molecule has 86 valence electrons. The van der Waals surface area contributed by atoms with Crippen LogP contribution in [0.25, 0.3) is 0 Å². The summed E-state index contributed by atoms with van der Waals surface area (Å²) in [4.78, 5) is 25.8. The number of nitrogens with zero attached hydrogens (tertiary/aromatic N) is 1. The minimum atomic E-state index is -0.636. The fourth-order valence-corrected chi connectivity index (χ4v) is 1.04. The highest BCUT2D eigenvalue weighted by Gasteiger charge is 2.08. The molecule has 7 nitrogen and oxygen atoms in total. The van der Waals surface area contributed by atoms with Gasteiger partial charge in [0.1, 0.15) is 5.82 Å². The van der Waals surface area contributed by atoms with Crippen molar-refractivity contribution in [2.75, 3.05) is 24.6 Å². The number of nitrogens with one attached hydrogen (secondary N) is 2. The number of hydrogen-bond acceptors (Lipinski definition) is 5. The van der Waals surface area contributed by atoms with Gasteiger partial charge in [-0.3, -0.25) is 9.59 Å². The van der Waals surface area contributed by atoms with Gasteiger partial charge in [-0.1, -0.05) is 0 Å². The SMILES string of the molecule is CNC(=O)CNc1cc(C(N)=O)c(N)cn1. The molecule has 0 aliphatic carbocycles. The molecule has 0 saturated carbocycles. The van der Waals surface area contributed by atoms with E-state index >= 15 is 0 Å². The van der Waals surface area contributed by atoms with Gasteiger partial charge in [0.15, 0.2) is 0 Å². The lowest BCUT2D eigenvalue weighted by molar-refractivity contribution is -0.118. The summed E-state index contributed by atoms with van der Waals surface area (Å²) in [6, 6.07) is 1.40. The number of primary amides is 1. The van der Waals surface area contributed by atoms with Gasteiger partial charge in [-0.15, -0.1) is 0 Å². The largest absolute Gasteiger partial charge is 0.397 e. The number of carbonyl (C=O) groups excluding carboxylic acids is 2. The van der Waals surface area contributed by atoms with Crippen LogP contribution >= 0.6 is 0 Å². The molecule has 0 saturated heterocycles. The molecule has 6 N–H and O–H groups in total. The lowest BCUT2D eigenvalue weighted by Gasteiger charge is -2.07. The van der Waals surface area contributed by atoms with E-state index in [0.29, 0.717) is 5.82 Å². The Labute approximate surface area is 92.2 Å². The normalized spacial score (nSPS) is 9.56. The maximum Gasteiger partial charge on any atom is 0.250 e. The number of aromatic nitrogens is 1. The van der Waals surface area contributed by atoms with Gasteiger partial charge in [0.05, 0.1) is 24.0 Å². The zero-order valence-electron chi connectivity index (χ0n) is 8.78. The molecule has 7 heteroatoms. The third-order valence-corrected chi connectivity index (χ3v) is 1.91. The summed E-state index contributed by atoms with van der Waals surface area (Å²) in [5.41, 5.74) is 11.0. The number of nitrogens with two attached hydrogens (primary N) is 2. The molecule has 0 atom stereocenters. The maximum absolute atomic E-state index is 11.0. The second kappa shape index (κ2) is 4.96. The smallest absolute Gasteiger partial charge is 0.250 e. The predicted octanol–water partition coefficient (Wildman–Crippen LogP) is -1.08. The van der Waals surface area contributed by atoms with Crippen LogP contribution in [0.5, 0.6) is 0 Å². The number of nitrogen functional groups attached to an aromatic ring is 1. The number of amides is 2. The van der Waals surface area contributed by atoms with Crippen molar-refractivity contribution < 1.29 is 9.59 Å². The molecule has 1 aromatic heterocycles. The first-order valence-electron chi connectivity index (χ1n) is 4.54. The van der Waals surface area contributed by atoms with Gasteiger partial charge in [-0.2, -0.15) is 0 Å². The van der Waals surface area contributed by atoms with Crippen LogP contribution in [0.2, 0.25) is 0 Å². The van der Waals surface area contributed by atoms with Crippen molar-refractivity contribution in [2.24, 2.45) is 5.73 Å². The fraction of sp³-hybridized carbons (Fsp3) is 0.222. The quantitative estimate of drug-likeness (QED) is 0.517. The zero-order valence-corrected chi connectivity index (χ0v) is 8.78. The first kappa shape index (κ1) is 11.8. The Bertz CT molecular complexity index is 418. The standard InChI is InChI=1S/C9H13N5O2/c1-12-8(15)4-14-7-2-5(9(11)16)6(10)3-13-7/h2-3H,4,10H2,1H3,(H2,11,16)(H,12,15)(H,13,14). The Balaban J connectivity index is 2.79. The van der Waals surface area contributed by atoms with Gasteiger partial charge in [0.2, 0.25) is 5.91 Å². The number of rotatable bonds is 4. The first-order valence-corrected chi connectivity index (χ1v) is 4.54. The number of hydrogen-bond donors (Lipinski definition) is 4. The summed E-state index contributed by atoms with van der Waals surface area (Å²) in [6.45, 7) is 0.0611. The maximum atomic E-state index is 11.0. The second-order valence-corrected chi connectivity index (χ2v) is 3.05. The molecule has 2 amide bonds. The molecule has 0 fully saturated rings. The Morgan fingerprint density at radius 1 is 1.50 bits per heavy atom. The van der Waals surface area contributed by atoms with Crippen molar-refractivity contribution in [1.29, 1.82) is 0 Å². The predicted molar refractivity (Wildman–Crippen MR) is 59.7 cm³/mol. The van der Waals surface area contributed by atoms with Crippen LogP contribution in [0, 0.1) is 0 Å². The van der Waals surface area contributed by atoms with Crippen molar-refractivity contribution in [1.82, 2.24) is 10.3 Å². The van der Waals surface area contributed by atoms with Crippen LogP contribution in [-0.4, -0.2) is 30.4 Å². The van der Waals surface area contributed by atoms with E-state index in [9.17, 15) is 9.59 Å². The minimum absolute atomic E-state index is 0.0611. The monoisotopic (exact) mass is 223 g/mol. The van der Waals surface area contributed by atoms with Crippen LogP contribution in [0.4, 0.5) is 11.5 Å². The molecular formula is C9H13N5O2. The van der Waals surface area contributed by atoms with Crippen molar-refractivity contribution in [3.05, 3.63) is 17.8 Å². The first-order chi connectivity index (χ1) is 7.54. The van der Waals surface area contributed by atoms with Crippen LogP contribution in [0.1, 0.15) is 10.4 Å². The Kier molecular flexibility index (Phi) is 3.65. The number of likely N-dealkylation sites (N-methyl/N-ethyl adjacent to an activating group) is 1. The summed E-state index contributed by atoms with van der Waals surface area (Å²) in [6.07, 6.45) is 1.31. The summed E-state index contributed by atoms with van der Waals surface area (Å²) >= 11 is 0. The Hall–Kier alpha value is -2.31. The molecule has 0 aliphatic heterocycles. The topological polar surface area (TPSA) is 123 Å². The molecule has 1 aromatic rings. The van der Waals surface area contributed by atoms with E-state index in [0.717, 1.165) is 0 Å². The van der Waals surface area contributed by atoms with E-state index in [1.54, 1.807) is 0 Å². The molecule has 0 aliphatic rings. The average molecular weight is 223 g/mol. The average Bonchev–Trinajstić information content (AvgIpc) is 2.27. The number of pyridine rings is 1. The molecule has 0 unspecified atom stereocenters. The summed E-state index contributed by atoms with van der Waals surface area (Å²) in [5.74, 6) is -0.464. The summed E-state index contributed by atoms with van der Waals surface area (Å²) in [7, 11) is 1.52. The van der Waals surface area contributed by atoms with Gasteiger partial charge in [0.25, 0.3) is 5.91 Å². The van der Waals surface area contributed by atoms with Gasteiger partial charge in [-0.25, -0.2) is 4.98 Å². The van der Waals surface area contributed by atoms with E-state index in [4.69, 9.17) is 11.5 Å². The lowest BCUT2D eigenvalue weighted by Crippen LogP contribution is -2.26. The highest BCUT2D eigenvalue weighted by molar-refractivity contribution is 5.98. The molecule has 16 heavy (non-hydrogen) atoms. The molecule has 0 aromatic carbocycles. The van der Waals surface area contributed by atoms with Crippen LogP contribution in [0.3, 0.4) is 0 Å². The third-order valence-electron chi connectivity index (χ3n) is 1.91. The van der Waals surface area contributed by atoms with Crippen molar-refractivity contribution in [3.63, 3.8) is 0 Å². The Morgan fingerprint density at radius 2 is 2.19 bits per heavy atom. The summed E-state index contributed by atoms with van der Waals surface area (Å²) < 4.78 is 0. The highest BCUT2D eigenvalue weighted by atomic mass is 16.2. The van der Waals surface area contributed by atoms with Gasteiger partial charge >= 0.3 is 0 Å². The van der Waals surface area contributed by atoms with Crippen LogP contribution < -0.4 is 22.1 Å². The number of carbonyl (C=O) groups is 2. The minimum Gasteiger partial charge on any atom is -0.397 e. The van der Waals surface area contributed by atoms with Gasteiger partial charge < -0.3 is 22.1 Å². The molecular weight excluding hydrogens is 210 g/mol. The van der Waals surface area contributed by atoms with Crippen molar-refractivity contribution in [3.8, 4) is 0 Å². The van der Waals surface area contributed by atoms with Crippen molar-refractivity contribution >= 4 is 23.3 Å². The molecule has 0 radical (unpaired) electrons. The van der Waals surface area contributed by atoms with Crippen molar-refractivity contribution in [2.45, 2.75) is 0 Å². The molecule has 0 spiro atoms. The highest BCUT2D eigenvalue weighted by Crippen LogP contribution is 2.13. The second-order valence-electron chi connectivity index (χ2n) is 3.05. The van der Waals surface area contributed by atoms with Gasteiger partial charge in [-0.05, 0) is 6.07 Å². The number of anilines is 2. The van der Waals surface area contributed by atoms with Crippen LogP contribution in [0.15, 0.2) is 12.3 Å². The molecule has 0 bridgehead atoms. The summed E-state index contributed by atoms with van der Waals surface area (Å²) in [5, 5.41) is 5.17. The third kappa shape index (κ3) is 2.84. The Morgan fingerprint density at radius 3 is 2.75 bits per heavy atom. The fourth-order valence-electron chi connectivity index (χ4n) is 1.04.